The lowest BCUT2D eigenvalue weighted by Crippen LogP contribution is -2.39. The lowest BCUT2D eigenvalue weighted by Gasteiger charge is -2.24. The van der Waals surface area contributed by atoms with Gasteiger partial charge in [-0.15, -0.1) is 17.0 Å². The molecule has 0 radical (unpaired) electrons. The molecule has 2 rings (SSSR count). The SMILES string of the molecule is Br.CCOC(=O)C(C)(C)Oc1ccc(CN2C=CN(C(C)=O)C2)cc1. The van der Waals surface area contributed by atoms with Crippen molar-refractivity contribution in [2.24, 2.45) is 0 Å². The Morgan fingerprint density at radius 2 is 1.80 bits per heavy atom. The third kappa shape index (κ3) is 5.77. The molecule has 0 bridgehead atoms. The van der Waals surface area contributed by atoms with Crippen LogP contribution in [0.4, 0.5) is 0 Å². The van der Waals surface area contributed by atoms with Crippen molar-refractivity contribution >= 4 is 28.9 Å². The van der Waals surface area contributed by atoms with Crippen LogP contribution in [0.3, 0.4) is 0 Å². The molecule has 25 heavy (non-hydrogen) atoms. The molecule has 1 aromatic rings. The van der Waals surface area contributed by atoms with E-state index in [2.05, 4.69) is 0 Å². The first-order chi connectivity index (χ1) is 11.3. The van der Waals surface area contributed by atoms with Crippen molar-refractivity contribution in [1.82, 2.24) is 9.80 Å². The molecular formula is C18H25BrN2O4. The quantitative estimate of drug-likeness (QED) is 0.671. The maximum absolute atomic E-state index is 11.9. The van der Waals surface area contributed by atoms with Gasteiger partial charge in [-0.2, -0.15) is 0 Å². The Morgan fingerprint density at radius 1 is 1.16 bits per heavy atom. The fourth-order valence-corrected chi connectivity index (χ4v) is 2.31. The van der Waals surface area contributed by atoms with E-state index in [4.69, 9.17) is 9.47 Å². The second kappa shape index (κ2) is 8.89. The van der Waals surface area contributed by atoms with E-state index in [1.165, 1.54) is 0 Å². The van der Waals surface area contributed by atoms with Crippen molar-refractivity contribution in [2.45, 2.75) is 39.8 Å². The van der Waals surface area contributed by atoms with E-state index in [0.29, 0.717) is 25.6 Å². The summed E-state index contributed by atoms with van der Waals surface area (Å²) in [6.07, 6.45) is 3.68. The third-order valence-electron chi connectivity index (χ3n) is 3.64. The maximum atomic E-state index is 11.9. The molecule has 138 valence electrons. The Labute approximate surface area is 159 Å². The van der Waals surface area contributed by atoms with E-state index >= 15 is 0 Å². The Bertz CT molecular complexity index is 628. The number of amides is 1. The van der Waals surface area contributed by atoms with Crippen LogP contribution >= 0.6 is 17.0 Å². The predicted molar refractivity (Wildman–Crippen MR) is 100 cm³/mol. The number of esters is 1. The fourth-order valence-electron chi connectivity index (χ4n) is 2.31. The van der Waals surface area contributed by atoms with E-state index in [-0.39, 0.29) is 28.9 Å². The van der Waals surface area contributed by atoms with Crippen LogP contribution in [-0.2, 0) is 20.9 Å². The Morgan fingerprint density at radius 3 is 2.32 bits per heavy atom. The fraction of sp³-hybridized carbons (Fsp3) is 0.444. The summed E-state index contributed by atoms with van der Waals surface area (Å²) in [5.74, 6) is 0.249. The lowest BCUT2D eigenvalue weighted by molar-refractivity contribution is -0.158. The van der Waals surface area contributed by atoms with Gasteiger partial charge in [0.25, 0.3) is 0 Å². The highest BCUT2D eigenvalue weighted by Crippen LogP contribution is 2.21. The molecule has 0 fully saturated rings. The molecule has 1 heterocycles. The number of carbonyl (C=O) groups excluding carboxylic acids is 2. The van der Waals surface area contributed by atoms with Gasteiger partial charge in [0.2, 0.25) is 5.91 Å². The van der Waals surface area contributed by atoms with Crippen LogP contribution in [0.2, 0.25) is 0 Å². The molecule has 0 unspecified atom stereocenters. The van der Waals surface area contributed by atoms with Crippen LogP contribution in [0.1, 0.15) is 33.3 Å². The Kier molecular flexibility index (Phi) is 7.48. The van der Waals surface area contributed by atoms with E-state index in [1.807, 2.05) is 35.4 Å². The predicted octanol–water partition coefficient (Wildman–Crippen LogP) is 3.08. The first kappa shape index (κ1) is 21.0. The summed E-state index contributed by atoms with van der Waals surface area (Å²) >= 11 is 0. The van der Waals surface area contributed by atoms with Gasteiger partial charge in [0.1, 0.15) is 5.75 Å². The van der Waals surface area contributed by atoms with Crippen LogP contribution < -0.4 is 4.74 Å². The van der Waals surface area contributed by atoms with Gasteiger partial charge in [0, 0.05) is 25.9 Å². The summed E-state index contributed by atoms with van der Waals surface area (Å²) < 4.78 is 10.7. The van der Waals surface area contributed by atoms with Gasteiger partial charge in [-0.05, 0) is 38.5 Å². The molecule has 6 nitrogen and oxygen atoms in total. The molecule has 7 heteroatoms. The molecule has 1 aliphatic heterocycles. The monoisotopic (exact) mass is 412 g/mol. The largest absolute Gasteiger partial charge is 0.476 e. The van der Waals surface area contributed by atoms with E-state index < -0.39 is 5.60 Å². The van der Waals surface area contributed by atoms with E-state index in [9.17, 15) is 9.59 Å². The molecule has 0 saturated carbocycles. The zero-order valence-corrected chi connectivity index (χ0v) is 16.7. The summed E-state index contributed by atoms with van der Waals surface area (Å²) in [6, 6.07) is 7.55. The molecule has 1 aliphatic rings. The van der Waals surface area contributed by atoms with Crippen molar-refractivity contribution in [3.05, 3.63) is 42.2 Å². The molecule has 0 saturated heterocycles. The van der Waals surface area contributed by atoms with E-state index in [1.54, 1.807) is 38.8 Å². The normalized spacial score (nSPS) is 13.4. The minimum Gasteiger partial charge on any atom is -0.476 e. The van der Waals surface area contributed by atoms with Gasteiger partial charge in [-0.25, -0.2) is 4.79 Å². The van der Waals surface area contributed by atoms with Gasteiger partial charge in [0.05, 0.1) is 13.3 Å². The summed E-state index contributed by atoms with van der Waals surface area (Å²) in [7, 11) is 0. The van der Waals surface area contributed by atoms with Gasteiger partial charge in [0.15, 0.2) is 5.60 Å². The molecule has 0 N–H and O–H groups in total. The topological polar surface area (TPSA) is 59.1 Å². The molecule has 0 atom stereocenters. The van der Waals surface area contributed by atoms with Gasteiger partial charge in [-0.3, -0.25) is 9.69 Å². The molecule has 1 amide bonds. The third-order valence-corrected chi connectivity index (χ3v) is 3.64. The highest BCUT2D eigenvalue weighted by Gasteiger charge is 2.31. The number of rotatable bonds is 6. The Hall–Kier alpha value is -2.02. The van der Waals surface area contributed by atoms with Gasteiger partial charge in [-0.1, -0.05) is 12.1 Å². The number of benzene rings is 1. The number of halogens is 1. The van der Waals surface area contributed by atoms with Gasteiger partial charge >= 0.3 is 5.97 Å². The molecule has 0 aliphatic carbocycles. The van der Waals surface area contributed by atoms with Crippen molar-refractivity contribution < 1.29 is 19.1 Å². The first-order valence-electron chi connectivity index (χ1n) is 7.96. The van der Waals surface area contributed by atoms with Crippen molar-refractivity contribution in [2.75, 3.05) is 13.3 Å². The number of carbonyl (C=O) groups is 2. The van der Waals surface area contributed by atoms with Crippen LogP contribution in [0.25, 0.3) is 0 Å². The average Bonchev–Trinajstić information content (AvgIpc) is 2.98. The van der Waals surface area contributed by atoms with Crippen molar-refractivity contribution in [1.29, 1.82) is 0 Å². The number of nitrogens with zero attached hydrogens (tertiary/aromatic N) is 2. The second-order valence-electron chi connectivity index (χ2n) is 6.15. The zero-order chi connectivity index (χ0) is 17.7. The molecule has 0 aromatic heterocycles. The van der Waals surface area contributed by atoms with Crippen LogP contribution in [0.5, 0.6) is 5.75 Å². The average molecular weight is 413 g/mol. The summed E-state index contributed by atoms with van der Waals surface area (Å²) in [5, 5.41) is 0. The first-order valence-corrected chi connectivity index (χ1v) is 7.96. The molecular weight excluding hydrogens is 388 g/mol. The van der Waals surface area contributed by atoms with E-state index in [0.717, 1.165) is 5.56 Å². The number of hydrogen-bond donors (Lipinski definition) is 0. The van der Waals surface area contributed by atoms with Crippen molar-refractivity contribution in [3.8, 4) is 5.75 Å². The van der Waals surface area contributed by atoms with Crippen LogP contribution in [0, 0.1) is 0 Å². The summed E-state index contributed by atoms with van der Waals surface area (Å²) in [4.78, 5) is 26.9. The van der Waals surface area contributed by atoms with Gasteiger partial charge < -0.3 is 14.4 Å². The Balaban J connectivity index is 0.00000312. The minimum absolute atomic E-state index is 0. The number of hydrogen-bond acceptors (Lipinski definition) is 5. The highest BCUT2D eigenvalue weighted by atomic mass is 79.9. The highest BCUT2D eigenvalue weighted by molar-refractivity contribution is 8.93. The summed E-state index contributed by atoms with van der Waals surface area (Å²) in [6.45, 7) is 8.26. The minimum atomic E-state index is -1.03. The lowest BCUT2D eigenvalue weighted by atomic mass is 10.1. The molecule has 0 spiro atoms. The second-order valence-corrected chi connectivity index (χ2v) is 6.15. The number of ether oxygens (including phenoxy) is 2. The smallest absolute Gasteiger partial charge is 0.349 e. The van der Waals surface area contributed by atoms with Crippen LogP contribution in [0.15, 0.2) is 36.7 Å². The van der Waals surface area contributed by atoms with Crippen molar-refractivity contribution in [3.63, 3.8) is 0 Å². The summed E-state index contributed by atoms with van der Waals surface area (Å²) in [5.41, 5.74) is 0.0587. The zero-order valence-electron chi connectivity index (χ0n) is 15.0. The van der Waals surface area contributed by atoms with Crippen LogP contribution in [-0.4, -0.2) is 40.6 Å². The maximum Gasteiger partial charge on any atom is 0.349 e. The molecule has 1 aromatic carbocycles. The standard InChI is InChI=1S/C18H24N2O4.BrH/c1-5-23-17(22)18(3,4)24-16-8-6-15(7-9-16)12-19-10-11-20(13-19)14(2)21;/h6-11H,5,12-13H2,1-4H3;1H.